The lowest BCUT2D eigenvalue weighted by Gasteiger charge is -2.11. The Labute approximate surface area is 110 Å². The first-order chi connectivity index (χ1) is 9.13. The van der Waals surface area contributed by atoms with E-state index in [0.717, 1.165) is 0 Å². The van der Waals surface area contributed by atoms with Crippen molar-refractivity contribution in [2.45, 2.75) is 0 Å². The maximum Gasteiger partial charge on any atom is 0.262 e. The third kappa shape index (κ3) is 2.65. The molecule has 19 heavy (non-hydrogen) atoms. The first-order valence-corrected chi connectivity index (χ1v) is 5.62. The largest absolute Gasteiger partial charge is 0.496 e. The highest BCUT2D eigenvalue weighted by atomic mass is 19.1. The smallest absolute Gasteiger partial charge is 0.262 e. The molecule has 0 heterocycles. The van der Waals surface area contributed by atoms with Crippen LogP contribution in [0.25, 0.3) is 0 Å². The highest BCUT2D eigenvalue weighted by Crippen LogP contribution is 2.24. The Hall–Kier alpha value is -2.56. The quantitative estimate of drug-likeness (QED) is 0.834. The minimum atomic E-state index is -0.647. The van der Waals surface area contributed by atoms with Crippen molar-refractivity contribution in [1.29, 1.82) is 0 Å². The molecular formula is C14H13FN2O2. The Bertz CT molecular complexity index is 614. The summed E-state index contributed by atoms with van der Waals surface area (Å²) in [5.41, 5.74) is 6.41. The minimum absolute atomic E-state index is 0.145. The van der Waals surface area contributed by atoms with Crippen LogP contribution in [0.15, 0.2) is 42.5 Å². The summed E-state index contributed by atoms with van der Waals surface area (Å²) < 4.78 is 18.7. The van der Waals surface area contributed by atoms with Crippen molar-refractivity contribution in [3.63, 3.8) is 0 Å². The predicted octanol–water partition coefficient (Wildman–Crippen LogP) is 2.67. The van der Waals surface area contributed by atoms with E-state index in [2.05, 4.69) is 5.32 Å². The Morgan fingerprint density at radius 2 is 1.95 bits per heavy atom. The van der Waals surface area contributed by atoms with Gasteiger partial charge < -0.3 is 15.8 Å². The summed E-state index contributed by atoms with van der Waals surface area (Å²) in [4.78, 5) is 12.1. The first kappa shape index (κ1) is 12.9. The fourth-order valence-corrected chi connectivity index (χ4v) is 1.69. The number of halogens is 1. The molecule has 0 aromatic heterocycles. The maximum atomic E-state index is 13.7. The standard InChI is InChI=1S/C14H13FN2O2/c1-19-12-8-4-5-9(15)13(12)14(18)17-11-7-3-2-6-10(11)16/h2-8H,16H2,1H3,(H,17,18). The number of nitrogens with two attached hydrogens (primary N) is 1. The number of amides is 1. The molecule has 0 bridgehead atoms. The van der Waals surface area contributed by atoms with E-state index in [9.17, 15) is 9.18 Å². The zero-order valence-electron chi connectivity index (χ0n) is 10.3. The Morgan fingerprint density at radius 3 is 2.63 bits per heavy atom. The van der Waals surface area contributed by atoms with Gasteiger partial charge in [-0.25, -0.2) is 4.39 Å². The summed E-state index contributed by atoms with van der Waals surface area (Å²) in [5.74, 6) is -1.08. The van der Waals surface area contributed by atoms with Gasteiger partial charge in [-0.1, -0.05) is 18.2 Å². The Balaban J connectivity index is 2.33. The Morgan fingerprint density at radius 1 is 1.21 bits per heavy atom. The summed E-state index contributed by atoms with van der Waals surface area (Å²) in [6, 6.07) is 11.0. The lowest BCUT2D eigenvalue weighted by Crippen LogP contribution is -2.16. The highest BCUT2D eigenvalue weighted by molar-refractivity contribution is 6.07. The van der Waals surface area contributed by atoms with Crippen molar-refractivity contribution in [2.75, 3.05) is 18.2 Å². The second kappa shape index (κ2) is 5.39. The van der Waals surface area contributed by atoms with Crippen molar-refractivity contribution in [1.82, 2.24) is 0 Å². The summed E-state index contributed by atoms with van der Waals surface area (Å²) in [6.07, 6.45) is 0. The van der Waals surface area contributed by atoms with Gasteiger partial charge in [0.25, 0.3) is 5.91 Å². The number of methoxy groups -OCH3 is 1. The van der Waals surface area contributed by atoms with Crippen LogP contribution >= 0.6 is 0 Å². The van der Waals surface area contributed by atoms with Crippen LogP contribution in [0.2, 0.25) is 0 Å². The molecule has 0 spiro atoms. The third-order valence-corrected chi connectivity index (χ3v) is 2.63. The van der Waals surface area contributed by atoms with E-state index in [0.29, 0.717) is 11.4 Å². The molecule has 0 unspecified atom stereocenters. The molecule has 0 atom stereocenters. The molecule has 5 heteroatoms. The minimum Gasteiger partial charge on any atom is -0.496 e. The lowest BCUT2D eigenvalue weighted by molar-refractivity contribution is 0.102. The van der Waals surface area contributed by atoms with Crippen LogP contribution in [0.3, 0.4) is 0 Å². The third-order valence-electron chi connectivity index (χ3n) is 2.63. The molecule has 4 nitrogen and oxygen atoms in total. The maximum absolute atomic E-state index is 13.7. The van der Waals surface area contributed by atoms with E-state index in [1.54, 1.807) is 24.3 Å². The molecule has 2 rings (SSSR count). The topological polar surface area (TPSA) is 64.3 Å². The van der Waals surface area contributed by atoms with Gasteiger partial charge in [-0.05, 0) is 24.3 Å². The van der Waals surface area contributed by atoms with Crippen molar-refractivity contribution in [2.24, 2.45) is 0 Å². The molecule has 2 aromatic rings. The van der Waals surface area contributed by atoms with E-state index < -0.39 is 11.7 Å². The normalized spacial score (nSPS) is 10.0. The van der Waals surface area contributed by atoms with E-state index >= 15 is 0 Å². The first-order valence-electron chi connectivity index (χ1n) is 5.62. The van der Waals surface area contributed by atoms with Gasteiger partial charge in [0.2, 0.25) is 0 Å². The second-order valence-corrected chi connectivity index (χ2v) is 3.86. The lowest BCUT2D eigenvalue weighted by atomic mass is 10.1. The number of anilines is 2. The summed E-state index contributed by atoms with van der Waals surface area (Å²) in [5, 5.41) is 2.56. The van der Waals surface area contributed by atoms with Gasteiger partial charge in [0, 0.05) is 0 Å². The molecule has 0 radical (unpaired) electrons. The number of rotatable bonds is 3. The fraction of sp³-hybridized carbons (Fsp3) is 0.0714. The van der Waals surface area contributed by atoms with E-state index in [1.165, 1.54) is 25.3 Å². The average Bonchev–Trinajstić information content (AvgIpc) is 2.40. The van der Waals surface area contributed by atoms with Gasteiger partial charge in [-0.2, -0.15) is 0 Å². The zero-order chi connectivity index (χ0) is 13.8. The number of hydrogen-bond donors (Lipinski definition) is 2. The van der Waals surface area contributed by atoms with Gasteiger partial charge in [0.15, 0.2) is 0 Å². The monoisotopic (exact) mass is 260 g/mol. The molecule has 0 aliphatic carbocycles. The number of nitrogens with one attached hydrogen (secondary N) is 1. The van der Waals surface area contributed by atoms with Gasteiger partial charge in [-0.3, -0.25) is 4.79 Å². The SMILES string of the molecule is COc1cccc(F)c1C(=O)Nc1ccccc1N. The number of benzene rings is 2. The molecule has 0 fully saturated rings. The summed E-state index contributed by atoms with van der Waals surface area (Å²) in [6.45, 7) is 0. The molecule has 3 N–H and O–H groups in total. The van der Waals surface area contributed by atoms with Crippen LogP contribution in [-0.4, -0.2) is 13.0 Å². The van der Waals surface area contributed by atoms with Crippen molar-refractivity contribution >= 4 is 17.3 Å². The average molecular weight is 260 g/mol. The summed E-state index contributed by atoms with van der Waals surface area (Å²) in [7, 11) is 1.38. The molecule has 98 valence electrons. The van der Waals surface area contributed by atoms with Crippen LogP contribution in [0, 0.1) is 5.82 Å². The number of ether oxygens (including phenoxy) is 1. The predicted molar refractivity (Wildman–Crippen MR) is 71.8 cm³/mol. The van der Waals surface area contributed by atoms with Crippen LogP contribution < -0.4 is 15.8 Å². The molecular weight excluding hydrogens is 247 g/mol. The summed E-state index contributed by atoms with van der Waals surface area (Å²) >= 11 is 0. The van der Waals surface area contributed by atoms with E-state index in [4.69, 9.17) is 10.5 Å². The molecule has 1 amide bonds. The van der Waals surface area contributed by atoms with Crippen molar-refractivity contribution in [3.8, 4) is 5.75 Å². The van der Waals surface area contributed by atoms with Crippen LogP contribution in [0.4, 0.5) is 15.8 Å². The van der Waals surface area contributed by atoms with Gasteiger partial charge >= 0.3 is 0 Å². The van der Waals surface area contributed by atoms with Crippen LogP contribution in [0.1, 0.15) is 10.4 Å². The van der Waals surface area contributed by atoms with Gasteiger partial charge in [0.1, 0.15) is 17.1 Å². The van der Waals surface area contributed by atoms with Crippen molar-refractivity contribution in [3.05, 3.63) is 53.8 Å². The number of para-hydroxylation sites is 2. The molecule has 0 aliphatic heterocycles. The van der Waals surface area contributed by atoms with Crippen LogP contribution in [0.5, 0.6) is 5.75 Å². The number of carbonyl (C=O) groups is 1. The van der Waals surface area contributed by atoms with E-state index in [1.807, 2.05) is 0 Å². The molecule has 0 aliphatic rings. The molecule has 2 aromatic carbocycles. The van der Waals surface area contributed by atoms with Gasteiger partial charge in [0.05, 0.1) is 18.5 Å². The molecule has 0 saturated heterocycles. The van der Waals surface area contributed by atoms with E-state index in [-0.39, 0.29) is 11.3 Å². The highest BCUT2D eigenvalue weighted by Gasteiger charge is 2.18. The fourth-order valence-electron chi connectivity index (χ4n) is 1.69. The van der Waals surface area contributed by atoms with Crippen LogP contribution in [-0.2, 0) is 0 Å². The van der Waals surface area contributed by atoms with Gasteiger partial charge in [-0.15, -0.1) is 0 Å². The number of carbonyl (C=O) groups excluding carboxylic acids is 1. The van der Waals surface area contributed by atoms with Crippen molar-refractivity contribution < 1.29 is 13.9 Å². The zero-order valence-corrected chi connectivity index (χ0v) is 10.3. The Kier molecular flexibility index (Phi) is 3.66. The molecule has 0 saturated carbocycles. The second-order valence-electron chi connectivity index (χ2n) is 3.86. The number of hydrogen-bond acceptors (Lipinski definition) is 3. The number of nitrogen functional groups attached to an aromatic ring is 1.